The Labute approximate surface area is 146 Å². The molecule has 3 atom stereocenters. The fourth-order valence-corrected chi connectivity index (χ4v) is 2.02. The van der Waals surface area contributed by atoms with Crippen molar-refractivity contribution in [2.24, 2.45) is 0 Å². The molecule has 0 aliphatic carbocycles. The zero-order valence-electron chi connectivity index (χ0n) is 16.7. The number of esters is 2. The van der Waals surface area contributed by atoms with Gasteiger partial charge in [0.2, 0.25) is 0 Å². The Morgan fingerprint density at radius 3 is 2.67 bits per heavy atom. The van der Waals surface area contributed by atoms with E-state index < -0.39 is 30.8 Å². The number of ether oxygens (including phenoxy) is 3. The van der Waals surface area contributed by atoms with Crippen LogP contribution in [-0.2, 0) is 23.8 Å². The highest BCUT2D eigenvalue weighted by molar-refractivity contribution is 5.90. The van der Waals surface area contributed by atoms with Crippen molar-refractivity contribution < 1.29 is 27.9 Å². The Bertz CT molecular complexity index is 747. The molecule has 0 fully saturated rings. The molecule has 5 nitrogen and oxygen atoms in total. The molecule has 1 aromatic rings. The Morgan fingerprint density at radius 1 is 1.29 bits per heavy atom. The number of hydrogen-bond acceptors (Lipinski definition) is 5. The van der Waals surface area contributed by atoms with Gasteiger partial charge < -0.3 is 14.2 Å². The molecule has 128 valence electrons. The monoisotopic (exact) mass is 333 g/mol. The largest absolute Gasteiger partial charge is 0.489 e. The maximum absolute atomic E-state index is 12.3. The predicted molar refractivity (Wildman–Crippen MR) is 89.9 cm³/mol. The highest BCUT2D eigenvalue weighted by atomic mass is 16.5. The number of benzene rings is 1. The lowest BCUT2D eigenvalue weighted by Gasteiger charge is -2.10. The van der Waals surface area contributed by atoms with Crippen LogP contribution in [0.4, 0.5) is 0 Å². The Hall–Kier alpha value is -2.56. The predicted octanol–water partition coefficient (Wildman–Crippen LogP) is 3.26. The molecule has 0 saturated carbocycles. The number of carbonyl (C=O) groups is 2. The van der Waals surface area contributed by atoms with Gasteiger partial charge in [-0.25, -0.2) is 4.79 Å². The summed E-state index contributed by atoms with van der Waals surface area (Å²) in [5.74, 6) is -1.86. The summed E-state index contributed by atoms with van der Waals surface area (Å²) in [6.07, 6.45) is -2.64. The summed E-state index contributed by atoms with van der Waals surface area (Å²) in [6.45, 7) is 3.31. The van der Waals surface area contributed by atoms with Gasteiger partial charge >= 0.3 is 11.9 Å². The molecular weight excluding hydrogens is 308 g/mol. The van der Waals surface area contributed by atoms with E-state index in [-0.39, 0.29) is 24.5 Å². The minimum Gasteiger partial charge on any atom is -0.489 e. The first-order chi connectivity index (χ1) is 12.8. The lowest BCUT2D eigenvalue weighted by atomic mass is 10.1. The van der Waals surface area contributed by atoms with Crippen LogP contribution in [0.2, 0.25) is 0 Å². The van der Waals surface area contributed by atoms with E-state index in [4.69, 9.17) is 18.3 Å². The molecule has 1 heterocycles. The first kappa shape index (κ1) is 13.8. The number of hydrogen-bond donors (Lipinski definition) is 0. The standard InChI is InChI=1S/C19H22O5/c1-3-22-18(20)13-15-12-16(19(21)23-4-2)17(24-15)11-10-14-8-6-5-7-9-14/h5-11,15H,3-4,12-13H2,1-2H3/b11-10+/i12D,13D,15D. The fraction of sp³-hybridized carbons (Fsp3) is 0.368. The molecule has 3 unspecified atom stereocenters. The average Bonchev–Trinajstić information content (AvgIpc) is 2.92. The lowest BCUT2D eigenvalue weighted by molar-refractivity contribution is -0.145. The van der Waals surface area contributed by atoms with Gasteiger partial charge in [0.15, 0.2) is 0 Å². The van der Waals surface area contributed by atoms with Gasteiger partial charge in [0.25, 0.3) is 0 Å². The van der Waals surface area contributed by atoms with Crippen LogP contribution in [-0.4, -0.2) is 31.2 Å². The van der Waals surface area contributed by atoms with Crippen LogP contribution in [0.25, 0.3) is 6.08 Å². The van der Waals surface area contributed by atoms with Crippen molar-refractivity contribution in [2.75, 3.05) is 13.2 Å². The number of allylic oxidation sites excluding steroid dienone is 1. The van der Waals surface area contributed by atoms with Gasteiger partial charge in [-0.2, -0.15) is 0 Å². The van der Waals surface area contributed by atoms with E-state index >= 15 is 0 Å². The summed E-state index contributed by atoms with van der Waals surface area (Å²) in [6, 6.07) is 9.17. The van der Waals surface area contributed by atoms with Crippen LogP contribution in [0.15, 0.2) is 47.7 Å². The number of rotatable bonds is 7. The molecule has 0 spiro atoms. The summed E-state index contributed by atoms with van der Waals surface area (Å²) in [4.78, 5) is 24.2. The molecule has 0 N–H and O–H groups in total. The van der Waals surface area contributed by atoms with Crippen molar-refractivity contribution in [3.05, 3.63) is 53.3 Å². The van der Waals surface area contributed by atoms with E-state index in [2.05, 4.69) is 0 Å². The molecular formula is C19H22O5. The molecule has 5 heteroatoms. The normalized spacial score (nSPS) is 26.2. The van der Waals surface area contributed by atoms with Crippen molar-refractivity contribution in [2.45, 2.75) is 32.7 Å². The average molecular weight is 333 g/mol. The minimum atomic E-state index is -2.31. The van der Waals surface area contributed by atoms with Crippen molar-refractivity contribution >= 4 is 18.0 Å². The minimum absolute atomic E-state index is 0.0336. The third kappa shape index (κ3) is 4.98. The summed E-state index contributed by atoms with van der Waals surface area (Å²) in [7, 11) is 0. The van der Waals surface area contributed by atoms with Crippen molar-refractivity contribution in [1.82, 2.24) is 0 Å². The second kappa shape index (κ2) is 8.91. The van der Waals surface area contributed by atoms with Gasteiger partial charge in [0.1, 0.15) is 11.8 Å². The van der Waals surface area contributed by atoms with Gasteiger partial charge in [0.05, 0.1) is 26.6 Å². The fourth-order valence-electron chi connectivity index (χ4n) is 2.02. The topological polar surface area (TPSA) is 61.8 Å². The molecule has 24 heavy (non-hydrogen) atoms. The van der Waals surface area contributed by atoms with E-state index in [1.165, 1.54) is 6.08 Å². The molecule has 1 aliphatic heterocycles. The van der Waals surface area contributed by atoms with Gasteiger partial charge in [-0.1, -0.05) is 36.4 Å². The Kier molecular flexibility index (Phi) is 5.14. The molecule has 0 amide bonds. The second-order valence-corrected chi connectivity index (χ2v) is 4.79. The van der Waals surface area contributed by atoms with Gasteiger partial charge in [-0.3, -0.25) is 4.79 Å². The molecule has 1 aromatic carbocycles. The summed E-state index contributed by atoms with van der Waals surface area (Å²) in [5.41, 5.74) is 0.620. The van der Waals surface area contributed by atoms with E-state index in [1.54, 1.807) is 19.9 Å². The summed E-state index contributed by atoms with van der Waals surface area (Å²) in [5, 5.41) is 0. The zero-order valence-corrected chi connectivity index (χ0v) is 13.7. The molecule has 0 saturated heterocycles. The third-order valence-electron chi connectivity index (χ3n) is 3.05. The lowest BCUT2D eigenvalue weighted by Crippen LogP contribution is -2.16. The van der Waals surface area contributed by atoms with Crippen LogP contribution in [0.5, 0.6) is 0 Å². The maximum Gasteiger partial charge on any atom is 0.337 e. The van der Waals surface area contributed by atoms with Gasteiger partial charge in [-0.15, -0.1) is 0 Å². The molecule has 0 bridgehead atoms. The van der Waals surface area contributed by atoms with E-state index in [0.717, 1.165) is 5.56 Å². The van der Waals surface area contributed by atoms with Crippen LogP contribution < -0.4 is 0 Å². The summed E-state index contributed by atoms with van der Waals surface area (Å²) >= 11 is 0. The third-order valence-corrected chi connectivity index (χ3v) is 3.05. The Balaban J connectivity index is 2.38. The van der Waals surface area contributed by atoms with E-state index in [9.17, 15) is 9.59 Å². The van der Waals surface area contributed by atoms with Crippen LogP contribution >= 0.6 is 0 Å². The maximum atomic E-state index is 12.3. The van der Waals surface area contributed by atoms with E-state index in [1.807, 2.05) is 30.3 Å². The molecule has 0 aromatic heterocycles. The quantitative estimate of drug-likeness (QED) is 0.717. The van der Waals surface area contributed by atoms with E-state index in [0.29, 0.717) is 0 Å². The highest BCUT2D eigenvalue weighted by Gasteiger charge is 2.31. The highest BCUT2D eigenvalue weighted by Crippen LogP contribution is 2.29. The van der Waals surface area contributed by atoms with Crippen LogP contribution in [0.3, 0.4) is 0 Å². The molecule has 2 rings (SSSR count). The first-order valence-electron chi connectivity index (χ1n) is 9.35. The van der Waals surface area contributed by atoms with Crippen molar-refractivity contribution in [1.29, 1.82) is 0 Å². The van der Waals surface area contributed by atoms with Crippen molar-refractivity contribution in [3.63, 3.8) is 0 Å². The van der Waals surface area contributed by atoms with Crippen LogP contribution in [0.1, 0.15) is 36.3 Å². The smallest absolute Gasteiger partial charge is 0.337 e. The van der Waals surface area contributed by atoms with Crippen LogP contribution in [0, 0.1) is 0 Å². The number of carbonyl (C=O) groups excluding carboxylic acids is 2. The first-order valence-corrected chi connectivity index (χ1v) is 7.69. The van der Waals surface area contributed by atoms with Crippen molar-refractivity contribution in [3.8, 4) is 0 Å². The summed E-state index contributed by atoms with van der Waals surface area (Å²) < 4.78 is 39.9. The van der Waals surface area contributed by atoms with Gasteiger partial charge in [-0.05, 0) is 25.5 Å². The molecule has 1 aliphatic rings. The Morgan fingerprint density at radius 2 is 2.00 bits per heavy atom. The SMILES string of the molecule is [2H]C(C(=O)OCC)C1([2H])OC(/C=C/c2ccccc2)=C(C(=O)OCC)C1[2H]. The second-order valence-electron chi connectivity index (χ2n) is 4.79. The van der Waals surface area contributed by atoms with Gasteiger partial charge in [0, 0.05) is 9.14 Å². The zero-order chi connectivity index (χ0) is 20.0. The molecule has 0 radical (unpaired) electrons.